The largest absolute Gasteiger partial charge is 0.493 e. The lowest BCUT2D eigenvalue weighted by atomic mass is 9.90. The summed E-state index contributed by atoms with van der Waals surface area (Å²) in [5, 5.41) is 13.4. The molecule has 2 aromatic rings. The number of hydrogen-bond donors (Lipinski definition) is 2. The summed E-state index contributed by atoms with van der Waals surface area (Å²) < 4.78 is 11.1. The number of nitrogens with zero attached hydrogens (tertiary/aromatic N) is 2. The number of nitrogens with one attached hydrogen (secondary N) is 1. The SMILES string of the molecule is COCCCOc1cc2c(cc1-c1csc(NC(=O)O)n1)C=NC(C(C)C)C2. The van der Waals surface area contributed by atoms with Gasteiger partial charge in [-0.25, -0.2) is 9.78 Å². The molecule has 0 radical (unpaired) electrons. The summed E-state index contributed by atoms with van der Waals surface area (Å²) in [6.45, 7) is 5.52. The van der Waals surface area contributed by atoms with Crippen molar-refractivity contribution >= 4 is 28.8 Å². The summed E-state index contributed by atoms with van der Waals surface area (Å²) in [4.78, 5) is 19.9. The Morgan fingerprint density at radius 1 is 1.39 bits per heavy atom. The Labute approximate surface area is 168 Å². The average Bonchev–Trinajstić information content (AvgIpc) is 3.11. The van der Waals surface area contributed by atoms with Crippen LogP contribution in [0, 0.1) is 5.92 Å². The lowest BCUT2D eigenvalue weighted by Gasteiger charge is -2.23. The van der Waals surface area contributed by atoms with Crippen LogP contribution in [0.4, 0.5) is 9.93 Å². The van der Waals surface area contributed by atoms with E-state index < -0.39 is 6.09 Å². The van der Waals surface area contributed by atoms with Crippen LogP contribution >= 0.6 is 11.3 Å². The first-order valence-corrected chi connectivity index (χ1v) is 10.1. The fraction of sp³-hybridized carbons (Fsp3) is 0.450. The first-order valence-electron chi connectivity index (χ1n) is 9.25. The van der Waals surface area contributed by atoms with E-state index in [1.165, 1.54) is 16.9 Å². The number of aliphatic imine (C=N–C) groups is 1. The van der Waals surface area contributed by atoms with Crippen LogP contribution in [0.2, 0.25) is 0 Å². The second-order valence-electron chi connectivity index (χ2n) is 7.00. The number of carboxylic acid groups (broad SMARTS) is 1. The van der Waals surface area contributed by atoms with Crippen molar-refractivity contribution in [2.45, 2.75) is 32.7 Å². The molecular formula is C20H25N3O4S. The third kappa shape index (κ3) is 4.88. The van der Waals surface area contributed by atoms with Crippen LogP contribution in [0.3, 0.4) is 0 Å². The monoisotopic (exact) mass is 403 g/mol. The van der Waals surface area contributed by atoms with Crippen LogP contribution in [0.1, 0.15) is 31.4 Å². The molecule has 0 bridgehead atoms. The van der Waals surface area contributed by atoms with Gasteiger partial charge in [-0.05, 0) is 35.6 Å². The highest BCUT2D eigenvalue weighted by atomic mass is 32.1. The van der Waals surface area contributed by atoms with Crippen molar-refractivity contribution in [3.8, 4) is 17.0 Å². The van der Waals surface area contributed by atoms with Gasteiger partial charge in [0.25, 0.3) is 0 Å². The molecule has 150 valence electrons. The van der Waals surface area contributed by atoms with Crippen molar-refractivity contribution in [2.24, 2.45) is 10.9 Å². The maximum absolute atomic E-state index is 10.9. The molecule has 1 aromatic heterocycles. The van der Waals surface area contributed by atoms with Gasteiger partial charge in [-0.2, -0.15) is 0 Å². The number of amides is 1. The van der Waals surface area contributed by atoms with Gasteiger partial charge in [0.05, 0.1) is 18.3 Å². The number of ether oxygens (including phenoxy) is 2. The van der Waals surface area contributed by atoms with Gasteiger partial charge in [0.15, 0.2) is 5.13 Å². The van der Waals surface area contributed by atoms with Crippen molar-refractivity contribution in [1.82, 2.24) is 4.98 Å². The normalized spacial score (nSPS) is 15.5. The molecular weight excluding hydrogens is 378 g/mol. The predicted octanol–water partition coefficient (Wildman–Crippen LogP) is 4.31. The molecule has 1 unspecified atom stereocenters. The smallest absolute Gasteiger partial charge is 0.410 e. The number of hydrogen-bond acceptors (Lipinski definition) is 6. The average molecular weight is 404 g/mol. The molecule has 0 saturated heterocycles. The molecule has 28 heavy (non-hydrogen) atoms. The Bertz CT molecular complexity index is 863. The fourth-order valence-electron chi connectivity index (χ4n) is 3.05. The van der Waals surface area contributed by atoms with E-state index in [4.69, 9.17) is 14.6 Å². The molecule has 0 spiro atoms. The molecule has 0 aliphatic carbocycles. The Morgan fingerprint density at radius 2 is 2.21 bits per heavy atom. The molecule has 1 aliphatic rings. The fourth-order valence-corrected chi connectivity index (χ4v) is 3.75. The molecule has 8 heteroatoms. The summed E-state index contributed by atoms with van der Waals surface area (Å²) in [7, 11) is 1.67. The van der Waals surface area contributed by atoms with E-state index in [0.717, 1.165) is 29.7 Å². The molecule has 1 aromatic carbocycles. The second-order valence-corrected chi connectivity index (χ2v) is 7.86. The summed E-state index contributed by atoms with van der Waals surface area (Å²) in [6.07, 6.45) is 2.45. The lowest BCUT2D eigenvalue weighted by molar-refractivity contribution is 0.172. The van der Waals surface area contributed by atoms with E-state index in [0.29, 0.717) is 30.0 Å². The minimum absolute atomic E-state index is 0.269. The van der Waals surface area contributed by atoms with Crippen LogP contribution in [-0.4, -0.2) is 48.8 Å². The van der Waals surface area contributed by atoms with Crippen molar-refractivity contribution in [3.05, 3.63) is 28.6 Å². The van der Waals surface area contributed by atoms with Crippen LogP contribution in [-0.2, 0) is 11.2 Å². The first-order chi connectivity index (χ1) is 13.5. The van der Waals surface area contributed by atoms with Crippen molar-refractivity contribution in [3.63, 3.8) is 0 Å². The van der Waals surface area contributed by atoms with Gasteiger partial charge in [-0.3, -0.25) is 10.3 Å². The van der Waals surface area contributed by atoms with Gasteiger partial charge in [0, 0.05) is 37.3 Å². The lowest BCUT2D eigenvalue weighted by Crippen LogP contribution is -2.21. The topological polar surface area (TPSA) is 93.0 Å². The maximum atomic E-state index is 10.9. The summed E-state index contributed by atoms with van der Waals surface area (Å²) in [6, 6.07) is 4.37. The zero-order chi connectivity index (χ0) is 20.1. The Hall–Kier alpha value is -2.45. The number of thiazole rings is 1. The van der Waals surface area contributed by atoms with Gasteiger partial charge in [0.1, 0.15) is 5.75 Å². The van der Waals surface area contributed by atoms with Crippen LogP contribution < -0.4 is 10.1 Å². The van der Waals surface area contributed by atoms with Crippen LogP contribution in [0.25, 0.3) is 11.3 Å². The quantitative estimate of drug-likeness (QED) is 0.641. The number of carbonyl (C=O) groups is 1. The molecule has 1 aliphatic heterocycles. The van der Waals surface area contributed by atoms with Gasteiger partial charge < -0.3 is 14.6 Å². The molecule has 1 amide bonds. The maximum Gasteiger partial charge on any atom is 0.410 e. The van der Waals surface area contributed by atoms with Gasteiger partial charge >= 0.3 is 6.09 Å². The molecule has 0 fully saturated rings. The number of methoxy groups -OCH3 is 1. The third-order valence-electron chi connectivity index (χ3n) is 4.59. The molecule has 2 N–H and O–H groups in total. The number of anilines is 1. The minimum Gasteiger partial charge on any atom is -0.493 e. The zero-order valence-electron chi connectivity index (χ0n) is 16.3. The van der Waals surface area contributed by atoms with E-state index in [1.807, 2.05) is 17.7 Å². The number of benzene rings is 1. The Morgan fingerprint density at radius 3 is 2.93 bits per heavy atom. The predicted molar refractivity (Wildman–Crippen MR) is 111 cm³/mol. The van der Waals surface area contributed by atoms with E-state index in [2.05, 4.69) is 35.2 Å². The van der Waals surface area contributed by atoms with Gasteiger partial charge in [0.2, 0.25) is 0 Å². The summed E-state index contributed by atoms with van der Waals surface area (Å²) in [5.41, 5.74) is 3.77. The Balaban J connectivity index is 1.93. The van der Waals surface area contributed by atoms with E-state index in [-0.39, 0.29) is 6.04 Å². The van der Waals surface area contributed by atoms with Crippen molar-refractivity contribution in [2.75, 3.05) is 25.6 Å². The van der Waals surface area contributed by atoms with E-state index >= 15 is 0 Å². The van der Waals surface area contributed by atoms with Crippen LogP contribution in [0.15, 0.2) is 22.5 Å². The molecule has 1 atom stereocenters. The van der Waals surface area contributed by atoms with Crippen LogP contribution in [0.5, 0.6) is 5.75 Å². The third-order valence-corrected chi connectivity index (χ3v) is 5.35. The number of rotatable bonds is 8. The Kier molecular flexibility index (Phi) is 6.64. The molecule has 3 rings (SSSR count). The molecule has 0 saturated carbocycles. The standard InChI is InChI=1S/C20H25N3O4S/c1-12(2)16-8-13-9-18(27-6-4-5-26-3)15(7-14(13)10-21-16)17-11-28-19(22-17)23-20(24)25/h7,9-12,16H,4-6,8H2,1-3H3,(H,22,23)(H,24,25). The highest BCUT2D eigenvalue weighted by molar-refractivity contribution is 7.14. The number of fused-ring (bicyclic) bond motifs is 1. The van der Waals surface area contributed by atoms with E-state index in [1.54, 1.807) is 7.11 Å². The van der Waals surface area contributed by atoms with Gasteiger partial charge in [-0.15, -0.1) is 11.3 Å². The molecule has 7 nitrogen and oxygen atoms in total. The summed E-state index contributed by atoms with van der Waals surface area (Å²) >= 11 is 1.24. The highest BCUT2D eigenvalue weighted by Gasteiger charge is 2.21. The minimum atomic E-state index is -1.13. The van der Waals surface area contributed by atoms with Crippen molar-refractivity contribution in [1.29, 1.82) is 0 Å². The number of aromatic nitrogens is 1. The van der Waals surface area contributed by atoms with Crippen molar-refractivity contribution < 1.29 is 19.4 Å². The van der Waals surface area contributed by atoms with E-state index in [9.17, 15) is 4.79 Å². The first kappa shape index (κ1) is 20.3. The highest BCUT2D eigenvalue weighted by Crippen LogP contribution is 2.36. The van der Waals surface area contributed by atoms with Gasteiger partial charge in [-0.1, -0.05) is 13.8 Å². The second kappa shape index (κ2) is 9.16. The zero-order valence-corrected chi connectivity index (χ0v) is 17.1. The molecule has 2 heterocycles. The summed E-state index contributed by atoms with van der Waals surface area (Å²) in [5.74, 6) is 1.22.